The zero-order valence-electron chi connectivity index (χ0n) is 31.6. The van der Waals surface area contributed by atoms with Gasteiger partial charge in [-0.25, -0.2) is 0 Å². The van der Waals surface area contributed by atoms with Crippen LogP contribution in [0.1, 0.15) is 101 Å². The number of esters is 1. The summed E-state index contributed by atoms with van der Waals surface area (Å²) in [5, 5.41) is 49.3. The molecule has 13 heteroatoms. The predicted molar refractivity (Wildman–Crippen MR) is 185 cm³/mol. The third-order valence-electron chi connectivity index (χ3n) is 11.4. The van der Waals surface area contributed by atoms with Crippen LogP contribution in [0, 0.1) is 23.7 Å². The number of aliphatic hydroxyl groups excluding tert-OH is 2. The highest BCUT2D eigenvalue weighted by atomic mass is 35.5. The largest absolute Gasteiger partial charge is 0.459 e. The molecule has 0 amide bonds. The molecule has 3 aliphatic heterocycles. The molecule has 0 aromatic heterocycles. The first-order valence-electron chi connectivity index (χ1n) is 18.2. The van der Waals surface area contributed by atoms with E-state index in [1.807, 2.05) is 34.6 Å². The van der Waals surface area contributed by atoms with Crippen LogP contribution in [0.5, 0.6) is 0 Å². The van der Waals surface area contributed by atoms with Gasteiger partial charge >= 0.3 is 5.97 Å². The van der Waals surface area contributed by atoms with Crippen molar-refractivity contribution in [1.82, 2.24) is 5.32 Å². The number of rotatable bonds is 7. The van der Waals surface area contributed by atoms with Crippen LogP contribution in [0.2, 0.25) is 0 Å². The Hall–Kier alpha value is -0.640. The first-order chi connectivity index (χ1) is 22.7. The number of halogens is 1. The number of ether oxygens (including phenoxy) is 6. The molecule has 3 rings (SSSR count). The lowest BCUT2D eigenvalue weighted by atomic mass is 9.77. The van der Waals surface area contributed by atoms with Gasteiger partial charge in [-0.1, -0.05) is 20.8 Å². The summed E-state index contributed by atoms with van der Waals surface area (Å²) in [4.78, 5) is 14.1. The molecule has 0 saturated carbocycles. The van der Waals surface area contributed by atoms with Gasteiger partial charge in [0.15, 0.2) is 12.6 Å². The van der Waals surface area contributed by atoms with Gasteiger partial charge in [-0.3, -0.25) is 4.79 Å². The number of carbonyl (C=O) groups is 1. The molecule has 17 atom stereocenters. The van der Waals surface area contributed by atoms with Crippen LogP contribution in [-0.4, -0.2) is 124 Å². The summed E-state index contributed by atoms with van der Waals surface area (Å²) in [6.45, 7) is 18.4. The van der Waals surface area contributed by atoms with Crippen LogP contribution in [0.25, 0.3) is 0 Å². The zero-order chi connectivity index (χ0) is 37.1. The van der Waals surface area contributed by atoms with E-state index in [0.717, 1.165) is 0 Å². The summed E-state index contributed by atoms with van der Waals surface area (Å²) in [5.41, 5.74) is -3.96. The number of methoxy groups -OCH3 is 1. The Morgan fingerprint density at radius 2 is 1.63 bits per heavy atom. The number of aliphatic hydroxyl groups is 4. The van der Waals surface area contributed by atoms with E-state index in [9.17, 15) is 25.2 Å². The van der Waals surface area contributed by atoms with Crippen molar-refractivity contribution in [2.75, 3.05) is 19.5 Å². The second kappa shape index (κ2) is 17.5. The van der Waals surface area contributed by atoms with Crippen LogP contribution in [-0.2, 0) is 33.2 Å². The Labute approximate surface area is 298 Å². The van der Waals surface area contributed by atoms with Crippen LogP contribution in [0.3, 0.4) is 0 Å². The van der Waals surface area contributed by atoms with Gasteiger partial charge in [0.1, 0.15) is 23.9 Å². The number of alkyl halides is 1. The maximum Gasteiger partial charge on any atom is 0.311 e. The van der Waals surface area contributed by atoms with Crippen LogP contribution in [0.4, 0.5) is 0 Å². The van der Waals surface area contributed by atoms with Crippen LogP contribution in [0.15, 0.2) is 0 Å². The standard InChI is InChI=1S/C36H66ClNO11/c1-12-27-36(10,43)30(40)23(6)38-18-19(2)15-34(8,42)31(49-33-26(39)14-13-20(3)45-33)21(4)29(22(5)32(41)47-27)48-28-16-35(9,44-11)25(17-37)24(7)46-28/h19-31,33,38-40,42-43H,12-18H2,1-11H3/t19-,20-,21+,22-,23-,24+,25?,26-,27-,28+,29+,30-,31-,33+,34-,35-,36-/m1/s1. The monoisotopic (exact) mass is 723 g/mol. The Bertz CT molecular complexity index is 1050. The molecule has 0 radical (unpaired) electrons. The van der Waals surface area contributed by atoms with Gasteiger partial charge in [-0.05, 0) is 86.6 Å². The Balaban J connectivity index is 2.12. The van der Waals surface area contributed by atoms with Crippen molar-refractivity contribution in [3.63, 3.8) is 0 Å². The van der Waals surface area contributed by atoms with Crippen LogP contribution >= 0.6 is 11.6 Å². The third kappa shape index (κ3) is 10.1. The maximum absolute atomic E-state index is 14.1. The normalized spacial score (nSPS) is 49.8. The number of cyclic esters (lactones) is 1. The van der Waals surface area contributed by atoms with E-state index >= 15 is 0 Å². The van der Waals surface area contributed by atoms with Crippen molar-refractivity contribution in [3.05, 3.63) is 0 Å². The molecule has 1 unspecified atom stereocenters. The molecule has 3 fully saturated rings. The molecule has 3 aliphatic rings. The summed E-state index contributed by atoms with van der Waals surface area (Å²) < 4.78 is 37.7. The molecular formula is C36H66ClNO11. The molecule has 0 aromatic carbocycles. The van der Waals surface area contributed by atoms with Crippen molar-refractivity contribution in [1.29, 1.82) is 0 Å². The molecule has 0 aromatic rings. The highest BCUT2D eigenvalue weighted by molar-refractivity contribution is 6.18. The average Bonchev–Trinajstić information content (AvgIpc) is 3.03. The molecule has 3 saturated heterocycles. The lowest BCUT2D eigenvalue weighted by Gasteiger charge is -2.49. The van der Waals surface area contributed by atoms with E-state index in [2.05, 4.69) is 5.32 Å². The summed E-state index contributed by atoms with van der Waals surface area (Å²) in [6.07, 6.45) is -5.51. The highest BCUT2D eigenvalue weighted by Crippen LogP contribution is 2.41. The first kappa shape index (κ1) is 42.8. The lowest BCUT2D eigenvalue weighted by molar-refractivity contribution is -0.308. The van der Waals surface area contributed by atoms with Gasteiger partial charge in [0, 0.05) is 37.3 Å². The van der Waals surface area contributed by atoms with E-state index in [4.69, 9.17) is 40.0 Å². The fourth-order valence-electron chi connectivity index (χ4n) is 8.13. The minimum atomic E-state index is -1.77. The minimum absolute atomic E-state index is 0.119. The van der Waals surface area contributed by atoms with Crippen molar-refractivity contribution < 1.29 is 53.6 Å². The molecule has 0 bridgehead atoms. The Morgan fingerprint density at radius 3 is 2.22 bits per heavy atom. The molecule has 288 valence electrons. The van der Waals surface area contributed by atoms with Gasteiger partial charge < -0.3 is 54.2 Å². The smallest absolute Gasteiger partial charge is 0.311 e. The van der Waals surface area contributed by atoms with E-state index in [1.54, 1.807) is 34.8 Å². The molecule has 49 heavy (non-hydrogen) atoms. The van der Waals surface area contributed by atoms with Gasteiger partial charge in [0.2, 0.25) is 0 Å². The van der Waals surface area contributed by atoms with E-state index < -0.39 is 83.7 Å². The Kier molecular flexibility index (Phi) is 15.2. The SMILES string of the molecule is CC[C@H]1OC(=O)[C@H](C)[C@@H](O[C@H]2C[C@@](C)(OC)C(CCl)[C@H](C)O2)[C@H](C)[C@@H](O[C@@H]2O[C@H](C)CC[C@H]2O)[C@](C)(O)C[C@@H](C)CN[C@H](C)[C@@H](O)[C@]1(C)O. The molecule has 0 spiro atoms. The molecule has 3 heterocycles. The first-order valence-corrected chi connectivity index (χ1v) is 18.7. The topological polar surface area (TPSA) is 165 Å². The second-order valence-electron chi connectivity index (χ2n) is 15.9. The minimum Gasteiger partial charge on any atom is -0.459 e. The van der Waals surface area contributed by atoms with Crippen molar-refractivity contribution in [3.8, 4) is 0 Å². The predicted octanol–water partition coefficient (Wildman–Crippen LogP) is 3.51. The molecule has 0 aliphatic carbocycles. The zero-order valence-corrected chi connectivity index (χ0v) is 32.3. The van der Waals surface area contributed by atoms with Crippen molar-refractivity contribution in [2.45, 2.75) is 179 Å². The molecular weight excluding hydrogens is 658 g/mol. The summed E-state index contributed by atoms with van der Waals surface area (Å²) in [5.74, 6) is -2.21. The number of hydrogen-bond acceptors (Lipinski definition) is 12. The van der Waals surface area contributed by atoms with Crippen molar-refractivity contribution >= 4 is 17.6 Å². The lowest BCUT2D eigenvalue weighted by Crippen LogP contribution is -2.59. The summed E-state index contributed by atoms with van der Waals surface area (Å²) in [7, 11) is 1.63. The third-order valence-corrected chi connectivity index (χ3v) is 11.8. The molecule has 5 N–H and O–H groups in total. The van der Waals surface area contributed by atoms with Crippen LogP contribution < -0.4 is 5.32 Å². The maximum atomic E-state index is 14.1. The van der Waals surface area contributed by atoms with Gasteiger partial charge in [-0.2, -0.15) is 0 Å². The highest BCUT2D eigenvalue weighted by Gasteiger charge is 2.52. The fourth-order valence-corrected chi connectivity index (χ4v) is 8.71. The van der Waals surface area contributed by atoms with Gasteiger partial charge in [-0.15, -0.1) is 11.6 Å². The summed E-state index contributed by atoms with van der Waals surface area (Å²) >= 11 is 6.35. The van der Waals surface area contributed by atoms with Crippen molar-refractivity contribution in [2.24, 2.45) is 23.7 Å². The van der Waals surface area contributed by atoms with Gasteiger partial charge in [0.05, 0.1) is 41.5 Å². The fraction of sp³-hybridized carbons (Fsp3) is 0.972. The van der Waals surface area contributed by atoms with E-state index in [0.29, 0.717) is 31.7 Å². The van der Waals surface area contributed by atoms with Gasteiger partial charge in [0.25, 0.3) is 0 Å². The number of hydrogen-bond donors (Lipinski definition) is 5. The number of carbonyl (C=O) groups excluding carboxylic acids is 1. The van der Waals surface area contributed by atoms with E-state index in [1.165, 1.54) is 6.92 Å². The summed E-state index contributed by atoms with van der Waals surface area (Å²) in [6, 6.07) is -0.565. The number of nitrogens with one attached hydrogen (secondary N) is 1. The molecule has 12 nitrogen and oxygen atoms in total. The van der Waals surface area contributed by atoms with E-state index in [-0.39, 0.29) is 36.9 Å². The quantitative estimate of drug-likeness (QED) is 0.192. The second-order valence-corrected chi connectivity index (χ2v) is 16.2. The average molecular weight is 724 g/mol. The Morgan fingerprint density at radius 1 is 0.980 bits per heavy atom.